The van der Waals surface area contributed by atoms with Gasteiger partial charge in [0.25, 0.3) is 0 Å². The molecule has 1 aromatic carbocycles. The van der Waals surface area contributed by atoms with Gasteiger partial charge in [0.05, 0.1) is 11.9 Å². The number of anilines is 2. The topological polar surface area (TPSA) is 68.2 Å². The fourth-order valence-electron chi connectivity index (χ4n) is 2.01. The van der Waals surface area contributed by atoms with Gasteiger partial charge in [-0.15, -0.1) is 0 Å². The molecule has 2 N–H and O–H groups in total. The van der Waals surface area contributed by atoms with Crippen LogP contribution >= 0.6 is 0 Å². The SMILES string of the molecule is CBNn1cc2c(nc1=O)Nc1c(C)cccc1O2. The third kappa shape index (κ3) is 1.93. The van der Waals surface area contributed by atoms with Gasteiger partial charge in [0.1, 0.15) is 0 Å². The number of aryl methyl sites for hydroxylation is 1. The Hall–Kier alpha value is -2.44. The van der Waals surface area contributed by atoms with E-state index in [2.05, 4.69) is 15.6 Å². The van der Waals surface area contributed by atoms with E-state index < -0.39 is 0 Å². The van der Waals surface area contributed by atoms with Crippen LogP contribution in [0, 0.1) is 6.92 Å². The third-order valence-electron chi connectivity index (χ3n) is 2.92. The first kappa shape index (κ1) is 11.6. The standard InChI is InChI=1S/C12H13BN4O2/c1-7-4-3-5-8-10(7)14-11-9(19-8)6-17(16-13-2)12(18)15-11/h3-6,13,16H,1-2H3,(H,14,15,18). The molecule has 2 aromatic rings. The third-order valence-corrected chi connectivity index (χ3v) is 2.92. The average molecular weight is 256 g/mol. The summed E-state index contributed by atoms with van der Waals surface area (Å²) in [6, 6.07) is 5.77. The van der Waals surface area contributed by atoms with Crippen LogP contribution in [0.25, 0.3) is 0 Å². The number of hydrogen-bond donors (Lipinski definition) is 2. The maximum Gasteiger partial charge on any atom is 0.367 e. The molecule has 6 nitrogen and oxygen atoms in total. The van der Waals surface area contributed by atoms with Gasteiger partial charge in [-0.2, -0.15) is 4.98 Å². The van der Waals surface area contributed by atoms with E-state index in [9.17, 15) is 4.79 Å². The highest BCUT2D eigenvalue weighted by Crippen LogP contribution is 2.41. The summed E-state index contributed by atoms with van der Waals surface area (Å²) in [6.07, 6.45) is 1.60. The minimum Gasteiger partial charge on any atom is -0.450 e. The van der Waals surface area contributed by atoms with Crippen LogP contribution < -0.4 is 21.1 Å². The van der Waals surface area contributed by atoms with Crippen LogP contribution in [0.1, 0.15) is 5.56 Å². The number of benzene rings is 1. The van der Waals surface area contributed by atoms with Crippen molar-refractivity contribution in [1.29, 1.82) is 0 Å². The zero-order valence-electron chi connectivity index (χ0n) is 10.7. The second-order valence-corrected chi connectivity index (χ2v) is 4.29. The van der Waals surface area contributed by atoms with E-state index in [4.69, 9.17) is 4.74 Å². The number of aromatic nitrogens is 2. The molecular formula is C12H13BN4O2. The average Bonchev–Trinajstić information content (AvgIpc) is 2.39. The molecule has 0 fully saturated rings. The summed E-state index contributed by atoms with van der Waals surface area (Å²) in [7, 11) is 0.628. The second kappa shape index (κ2) is 4.35. The lowest BCUT2D eigenvalue weighted by atomic mass is 10.0. The van der Waals surface area contributed by atoms with Gasteiger partial charge < -0.3 is 15.4 Å². The number of rotatable bonds is 2. The summed E-state index contributed by atoms with van der Waals surface area (Å²) in [5.74, 6) is 1.70. The highest BCUT2D eigenvalue weighted by atomic mass is 16.5. The molecule has 1 aromatic heterocycles. The summed E-state index contributed by atoms with van der Waals surface area (Å²) in [4.78, 5) is 15.8. The van der Waals surface area contributed by atoms with Crippen LogP contribution in [0.4, 0.5) is 11.5 Å². The van der Waals surface area contributed by atoms with Gasteiger partial charge in [0, 0.05) is 0 Å². The maximum absolute atomic E-state index is 11.8. The molecule has 0 saturated heterocycles. The van der Waals surface area contributed by atoms with Crippen molar-refractivity contribution in [2.24, 2.45) is 0 Å². The molecule has 3 rings (SSSR count). The van der Waals surface area contributed by atoms with E-state index in [0.29, 0.717) is 19.0 Å². The van der Waals surface area contributed by atoms with Crippen molar-refractivity contribution in [3.8, 4) is 11.5 Å². The zero-order chi connectivity index (χ0) is 13.4. The molecule has 1 aliphatic rings. The first-order chi connectivity index (χ1) is 9.19. The Morgan fingerprint density at radius 3 is 3.05 bits per heavy atom. The summed E-state index contributed by atoms with van der Waals surface area (Å²) >= 11 is 0. The molecule has 19 heavy (non-hydrogen) atoms. The Kier molecular flexibility index (Phi) is 2.66. The fourth-order valence-corrected chi connectivity index (χ4v) is 2.01. The molecule has 0 spiro atoms. The molecular weight excluding hydrogens is 243 g/mol. The van der Waals surface area contributed by atoms with Gasteiger partial charge >= 0.3 is 5.69 Å². The highest BCUT2D eigenvalue weighted by molar-refractivity contribution is 6.35. The molecule has 0 atom stereocenters. The number of nitrogens with zero attached hydrogens (tertiary/aromatic N) is 2. The van der Waals surface area contributed by atoms with E-state index in [1.807, 2.05) is 31.9 Å². The smallest absolute Gasteiger partial charge is 0.367 e. The largest absolute Gasteiger partial charge is 0.450 e. The minimum atomic E-state index is -0.367. The van der Waals surface area contributed by atoms with Crippen molar-refractivity contribution in [2.75, 3.05) is 10.7 Å². The monoisotopic (exact) mass is 256 g/mol. The van der Waals surface area contributed by atoms with Crippen LogP contribution in [-0.4, -0.2) is 17.1 Å². The van der Waals surface area contributed by atoms with Crippen molar-refractivity contribution in [1.82, 2.24) is 9.66 Å². The van der Waals surface area contributed by atoms with Gasteiger partial charge in [0.15, 0.2) is 17.3 Å². The van der Waals surface area contributed by atoms with Gasteiger partial charge in [-0.25, -0.2) is 9.47 Å². The van der Waals surface area contributed by atoms with Crippen molar-refractivity contribution < 1.29 is 4.74 Å². The molecule has 0 amide bonds. The molecule has 96 valence electrons. The molecule has 2 heterocycles. The quantitative estimate of drug-likeness (QED) is 0.677. The maximum atomic E-state index is 11.8. The van der Waals surface area contributed by atoms with Crippen LogP contribution in [0.2, 0.25) is 6.82 Å². The Bertz CT molecular complexity index is 699. The Morgan fingerprint density at radius 1 is 1.42 bits per heavy atom. The Balaban J connectivity index is 2.07. The van der Waals surface area contributed by atoms with Crippen LogP contribution in [0.3, 0.4) is 0 Å². The van der Waals surface area contributed by atoms with E-state index in [1.54, 1.807) is 6.20 Å². The zero-order valence-corrected chi connectivity index (χ0v) is 10.7. The van der Waals surface area contributed by atoms with Crippen LogP contribution in [0.5, 0.6) is 11.5 Å². The van der Waals surface area contributed by atoms with Crippen LogP contribution in [0.15, 0.2) is 29.2 Å². The van der Waals surface area contributed by atoms with E-state index >= 15 is 0 Å². The van der Waals surface area contributed by atoms with Gasteiger partial charge in [-0.05, 0) is 18.6 Å². The normalized spacial score (nSPS) is 11.7. The lowest BCUT2D eigenvalue weighted by Crippen LogP contribution is -2.32. The first-order valence-corrected chi connectivity index (χ1v) is 6.11. The van der Waals surface area contributed by atoms with Crippen molar-refractivity contribution >= 4 is 18.9 Å². The Morgan fingerprint density at radius 2 is 2.26 bits per heavy atom. The lowest BCUT2D eigenvalue weighted by molar-refractivity contribution is 0.471. The number of fused-ring (bicyclic) bond motifs is 2. The lowest BCUT2D eigenvalue weighted by Gasteiger charge is -2.22. The molecule has 0 radical (unpaired) electrons. The Labute approximate surface area is 110 Å². The molecule has 7 heteroatoms. The van der Waals surface area contributed by atoms with Gasteiger partial charge in [-0.3, -0.25) is 0 Å². The number of ether oxygens (including phenoxy) is 1. The van der Waals surface area contributed by atoms with Crippen molar-refractivity contribution in [3.63, 3.8) is 0 Å². The van der Waals surface area contributed by atoms with E-state index in [1.165, 1.54) is 4.68 Å². The molecule has 0 unspecified atom stereocenters. The number of para-hydroxylation sites is 1. The molecule has 1 aliphatic heterocycles. The predicted octanol–water partition coefficient (Wildman–Crippen LogP) is 1.34. The summed E-state index contributed by atoms with van der Waals surface area (Å²) in [6.45, 7) is 3.88. The fraction of sp³-hybridized carbons (Fsp3) is 0.167. The second-order valence-electron chi connectivity index (χ2n) is 4.29. The molecule has 0 bridgehead atoms. The summed E-state index contributed by atoms with van der Waals surface area (Å²) in [5, 5.41) is 6.04. The van der Waals surface area contributed by atoms with E-state index in [-0.39, 0.29) is 5.69 Å². The molecule has 0 saturated carbocycles. The van der Waals surface area contributed by atoms with Gasteiger partial charge in [0.2, 0.25) is 7.41 Å². The molecule has 0 aliphatic carbocycles. The van der Waals surface area contributed by atoms with Gasteiger partial charge in [-0.1, -0.05) is 19.0 Å². The minimum absolute atomic E-state index is 0.367. The number of nitrogens with one attached hydrogen (secondary N) is 2. The highest BCUT2D eigenvalue weighted by Gasteiger charge is 2.20. The van der Waals surface area contributed by atoms with Crippen molar-refractivity contribution in [3.05, 3.63) is 40.4 Å². The first-order valence-electron chi connectivity index (χ1n) is 6.11. The van der Waals surface area contributed by atoms with Crippen molar-refractivity contribution in [2.45, 2.75) is 13.7 Å². The number of hydrogen-bond acceptors (Lipinski definition) is 5. The predicted molar refractivity (Wildman–Crippen MR) is 75.4 cm³/mol. The van der Waals surface area contributed by atoms with E-state index in [0.717, 1.165) is 17.0 Å². The summed E-state index contributed by atoms with van der Waals surface area (Å²) in [5.41, 5.74) is 1.53. The van der Waals surface area contributed by atoms with Crippen LogP contribution in [-0.2, 0) is 0 Å². The summed E-state index contributed by atoms with van der Waals surface area (Å²) < 4.78 is 7.10.